The normalized spacial score (nSPS) is 15.5. The number of rotatable bonds is 20. The molecule has 0 radical (unpaired) electrons. The van der Waals surface area contributed by atoms with Crippen LogP contribution in [0.1, 0.15) is 67.2 Å². The van der Waals surface area contributed by atoms with Gasteiger partial charge in [0, 0.05) is 6.54 Å². The zero-order valence-corrected chi connectivity index (χ0v) is 26.8. The summed E-state index contributed by atoms with van der Waals surface area (Å²) >= 11 is 1.45. The van der Waals surface area contributed by atoms with Crippen molar-refractivity contribution in [2.75, 3.05) is 18.6 Å². The van der Waals surface area contributed by atoms with Crippen molar-refractivity contribution < 1.29 is 29.1 Å². The molecule has 0 rings (SSSR count). The fourth-order valence-electron chi connectivity index (χ4n) is 3.87. The Kier molecular flexibility index (Phi) is 18.5. The van der Waals surface area contributed by atoms with Crippen molar-refractivity contribution in [3.8, 4) is 0 Å². The molecule has 242 valence electrons. The van der Waals surface area contributed by atoms with E-state index in [-0.39, 0.29) is 37.2 Å². The number of thioether (sulfide) groups is 1. The number of amides is 4. The molecule has 15 heteroatoms. The van der Waals surface area contributed by atoms with Crippen LogP contribution in [-0.4, -0.2) is 89.4 Å². The molecule has 0 aromatic carbocycles. The second kappa shape index (κ2) is 19.9. The third-order valence-corrected chi connectivity index (χ3v) is 7.50. The lowest BCUT2D eigenvalue weighted by molar-refractivity contribution is -0.142. The van der Waals surface area contributed by atoms with E-state index < -0.39 is 65.7 Å². The van der Waals surface area contributed by atoms with E-state index in [1.165, 1.54) is 11.8 Å². The van der Waals surface area contributed by atoms with Crippen molar-refractivity contribution in [3.05, 3.63) is 0 Å². The Morgan fingerprint density at radius 2 is 1.29 bits per heavy atom. The van der Waals surface area contributed by atoms with Crippen LogP contribution in [0.25, 0.3) is 0 Å². The van der Waals surface area contributed by atoms with Gasteiger partial charge in [-0.25, -0.2) is 4.79 Å². The van der Waals surface area contributed by atoms with Crippen molar-refractivity contribution in [1.29, 1.82) is 0 Å². The molecule has 6 atom stereocenters. The van der Waals surface area contributed by atoms with Crippen LogP contribution in [0.15, 0.2) is 4.99 Å². The summed E-state index contributed by atoms with van der Waals surface area (Å²) in [5.41, 5.74) is 16.8. The molecule has 4 amide bonds. The summed E-state index contributed by atoms with van der Waals surface area (Å²) in [5.74, 6) is -3.98. The summed E-state index contributed by atoms with van der Waals surface area (Å²) in [7, 11) is 0. The number of carboxylic acids is 1. The number of hydrogen-bond acceptors (Lipinski definition) is 8. The average Bonchev–Trinajstić information content (AvgIpc) is 2.91. The maximum absolute atomic E-state index is 13.4. The quantitative estimate of drug-likeness (QED) is 0.0495. The van der Waals surface area contributed by atoms with Gasteiger partial charge in [-0.15, -0.1) is 0 Å². The number of nitrogens with zero attached hydrogens (tertiary/aromatic N) is 1. The number of nitrogens with two attached hydrogens (primary N) is 3. The molecule has 0 aromatic rings. The molecule has 0 fully saturated rings. The number of nitrogens with one attached hydrogen (secondary N) is 4. The van der Waals surface area contributed by atoms with Gasteiger partial charge in [-0.05, 0) is 49.0 Å². The van der Waals surface area contributed by atoms with Gasteiger partial charge in [0.2, 0.25) is 23.6 Å². The van der Waals surface area contributed by atoms with Gasteiger partial charge >= 0.3 is 5.97 Å². The molecule has 0 aromatic heterocycles. The molecule has 0 aliphatic heterocycles. The highest BCUT2D eigenvalue weighted by Gasteiger charge is 2.34. The summed E-state index contributed by atoms with van der Waals surface area (Å²) in [6, 6.07) is -5.06. The smallest absolute Gasteiger partial charge is 0.326 e. The minimum absolute atomic E-state index is 0.0990. The third-order valence-electron chi connectivity index (χ3n) is 6.86. The Labute approximate surface area is 253 Å². The first-order chi connectivity index (χ1) is 19.6. The van der Waals surface area contributed by atoms with Crippen LogP contribution in [-0.2, 0) is 24.0 Å². The molecule has 0 saturated heterocycles. The lowest BCUT2D eigenvalue weighted by atomic mass is 9.97. The van der Waals surface area contributed by atoms with Gasteiger partial charge in [-0.3, -0.25) is 24.2 Å². The molecule has 11 N–H and O–H groups in total. The molecule has 42 heavy (non-hydrogen) atoms. The molecule has 0 saturated carbocycles. The predicted molar refractivity (Wildman–Crippen MR) is 165 cm³/mol. The van der Waals surface area contributed by atoms with Crippen LogP contribution in [0.5, 0.6) is 0 Å². The van der Waals surface area contributed by atoms with Crippen LogP contribution in [0.2, 0.25) is 0 Å². The topological polar surface area (TPSA) is 244 Å². The van der Waals surface area contributed by atoms with Gasteiger partial charge in [-0.1, -0.05) is 48.0 Å². The van der Waals surface area contributed by atoms with Crippen molar-refractivity contribution >= 4 is 47.3 Å². The fraction of sp³-hybridized carbons (Fsp3) is 0.778. The summed E-state index contributed by atoms with van der Waals surface area (Å²) in [6.07, 6.45) is 3.27. The number of hydrogen-bond donors (Lipinski definition) is 8. The maximum atomic E-state index is 13.4. The average molecular weight is 617 g/mol. The van der Waals surface area contributed by atoms with Gasteiger partial charge in [0.1, 0.15) is 24.2 Å². The largest absolute Gasteiger partial charge is 0.480 e. The molecule has 0 unspecified atom stereocenters. The standard InChI is InChI=1S/C27H52N8O6S/c1-8-16(6)19(28)23(37)32-17(10-9-12-31-27(29)30)22(36)34-21(15(4)5)25(39)35-20(14(2)3)24(38)33-18(26(40)41)11-13-42-7/h14-21H,8-13,28H2,1-7H3,(H,32,37)(H,33,38)(H,34,36)(H,35,39)(H,40,41)(H4,29,30,31)/t16-,17+,18+,19-,20-,21-/m0/s1. The Morgan fingerprint density at radius 3 is 1.74 bits per heavy atom. The number of aliphatic carboxylic acids is 1. The predicted octanol–water partition coefficient (Wildman–Crippen LogP) is -0.498. The lowest BCUT2D eigenvalue weighted by Crippen LogP contribution is -2.60. The van der Waals surface area contributed by atoms with E-state index in [9.17, 15) is 29.1 Å². The lowest BCUT2D eigenvalue weighted by Gasteiger charge is -2.29. The monoisotopic (exact) mass is 616 g/mol. The van der Waals surface area contributed by atoms with Crippen molar-refractivity contribution in [1.82, 2.24) is 21.3 Å². The first-order valence-electron chi connectivity index (χ1n) is 14.3. The number of aliphatic imine (C=N–C) groups is 1. The Balaban J connectivity index is 5.79. The minimum atomic E-state index is -1.17. The van der Waals surface area contributed by atoms with Crippen LogP contribution in [0, 0.1) is 17.8 Å². The highest BCUT2D eigenvalue weighted by Crippen LogP contribution is 2.11. The summed E-state index contributed by atoms with van der Waals surface area (Å²) < 4.78 is 0. The Hall–Kier alpha value is -3.07. The Morgan fingerprint density at radius 1 is 0.786 bits per heavy atom. The molecule has 0 spiro atoms. The van der Waals surface area contributed by atoms with Crippen LogP contribution >= 0.6 is 11.8 Å². The van der Waals surface area contributed by atoms with E-state index >= 15 is 0 Å². The van der Waals surface area contributed by atoms with E-state index in [2.05, 4.69) is 26.3 Å². The van der Waals surface area contributed by atoms with Crippen LogP contribution < -0.4 is 38.5 Å². The summed E-state index contributed by atoms with van der Waals surface area (Å²) in [5, 5.41) is 20.1. The molecule has 0 heterocycles. The zero-order chi connectivity index (χ0) is 32.6. The minimum Gasteiger partial charge on any atom is -0.480 e. The van der Waals surface area contributed by atoms with Crippen molar-refractivity contribution in [3.63, 3.8) is 0 Å². The van der Waals surface area contributed by atoms with Gasteiger partial charge in [0.15, 0.2) is 5.96 Å². The number of carbonyl (C=O) groups excluding carboxylic acids is 4. The number of carbonyl (C=O) groups is 5. The van der Waals surface area contributed by atoms with E-state index in [1.807, 2.05) is 20.1 Å². The van der Waals surface area contributed by atoms with Crippen molar-refractivity contribution in [2.45, 2.75) is 97.4 Å². The summed E-state index contributed by atoms with van der Waals surface area (Å²) in [4.78, 5) is 68.1. The van der Waals surface area contributed by atoms with Crippen molar-refractivity contribution in [2.24, 2.45) is 39.9 Å². The van der Waals surface area contributed by atoms with Gasteiger partial charge < -0.3 is 43.6 Å². The molecular weight excluding hydrogens is 564 g/mol. The van der Waals surface area contributed by atoms with E-state index in [0.29, 0.717) is 18.6 Å². The first-order valence-corrected chi connectivity index (χ1v) is 15.7. The van der Waals surface area contributed by atoms with Crippen LogP contribution in [0.3, 0.4) is 0 Å². The zero-order valence-electron chi connectivity index (χ0n) is 25.9. The summed E-state index contributed by atoms with van der Waals surface area (Å²) in [6.45, 7) is 10.8. The highest BCUT2D eigenvalue weighted by atomic mass is 32.2. The van der Waals surface area contributed by atoms with E-state index in [0.717, 1.165) is 0 Å². The molecular formula is C27H52N8O6S. The fourth-order valence-corrected chi connectivity index (χ4v) is 4.35. The maximum Gasteiger partial charge on any atom is 0.326 e. The first kappa shape index (κ1) is 38.9. The number of carboxylic acid groups (broad SMARTS) is 1. The molecule has 0 bridgehead atoms. The van der Waals surface area contributed by atoms with Gasteiger partial charge in [0.25, 0.3) is 0 Å². The number of guanidine groups is 1. The molecule has 14 nitrogen and oxygen atoms in total. The van der Waals surface area contributed by atoms with E-state index in [1.54, 1.807) is 27.7 Å². The van der Waals surface area contributed by atoms with Gasteiger partial charge in [-0.2, -0.15) is 11.8 Å². The SMILES string of the molecule is CC[C@H](C)[C@H](N)C(=O)N[C@H](CCCN=C(N)N)C(=O)N[C@H](C(=O)N[C@H](C(=O)N[C@H](CCSC)C(=O)O)C(C)C)C(C)C. The second-order valence-electron chi connectivity index (χ2n) is 11.1. The van der Waals surface area contributed by atoms with Crippen LogP contribution in [0.4, 0.5) is 0 Å². The molecule has 0 aliphatic rings. The van der Waals surface area contributed by atoms with E-state index in [4.69, 9.17) is 17.2 Å². The molecule has 0 aliphatic carbocycles. The highest BCUT2D eigenvalue weighted by molar-refractivity contribution is 7.98. The second-order valence-corrected chi connectivity index (χ2v) is 12.0. The van der Waals surface area contributed by atoms with Gasteiger partial charge in [0.05, 0.1) is 6.04 Å². The third kappa shape index (κ3) is 14.2. The Bertz CT molecular complexity index is 928.